The molecule has 0 aromatic heterocycles. The van der Waals surface area contributed by atoms with Gasteiger partial charge < -0.3 is 9.47 Å². The minimum Gasteiger partial charge on any atom is -0.459 e. The van der Waals surface area contributed by atoms with Crippen LogP contribution in [0.25, 0.3) is 0 Å². The quantitative estimate of drug-likeness (QED) is 0.333. The van der Waals surface area contributed by atoms with E-state index in [1.807, 2.05) is 12.1 Å². The zero-order valence-corrected chi connectivity index (χ0v) is 18.1. The van der Waals surface area contributed by atoms with E-state index in [1.165, 1.54) is 25.7 Å². The van der Waals surface area contributed by atoms with E-state index in [1.54, 1.807) is 7.11 Å². The maximum Gasteiger partial charge on any atom is 0.306 e. The Morgan fingerprint density at radius 3 is 2.69 bits per heavy atom. The van der Waals surface area contributed by atoms with Gasteiger partial charge in [-0.15, -0.1) is 0 Å². The SMILES string of the molecule is CCCC[C@H](OC(=O)CC1CC2CCC1C2)[C@@H](OC)c1ccccc1I. The molecule has 4 heteroatoms. The molecule has 3 unspecified atom stereocenters. The summed E-state index contributed by atoms with van der Waals surface area (Å²) in [6.45, 7) is 2.17. The van der Waals surface area contributed by atoms with Gasteiger partial charge in [0.25, 0.3) is 0 Å². The molecule has 0 radical (unpaired) electrons. The second-order valence-electron chi connectivity index (χ2n) is 7.99. The van der Waals surface area contributed by atoms with Crippen molar-refractivity contribution in [2.45, 2.75) is 70.5 Å². The van der Waals surface area contributed by atoms with Gasteiger partial charge in [0, 0.05) is 17.1 Å². The molecule has 1 aromatic rings. The Morgan fingerprint density at radius 2 is 2.08 bits per heavy atom. The fourth-order valence-corrected chi connectivity index (χ4v) is 5.61. The first kappa shape index (κ1) is 20.1. The molecule has 1 aromatic carbocycles. The second kappa shape index (κ2) is 9.54. The summed E-state index contributed by atoms with van der Waals surface area (Å²) in [4.78, 5) is 12.7. The Labute approximate surface area is 171 Å². The molecule has 0 heterocycles. The van der Waals surface area contributed by atoms with E-state index in [0.717, 1.165) is 40.2 Å². The van der Waals surface area contributed by atoms with Crippen LogP contribution in [0.3, 0.4) is 0 Å². The van der Waals surface area contributed by atoms with Gasteiger partial charge in [0.05, 0.1) is 0 Å². The van der Waals surface area contributed by atoms with Crippen molar-refractivity contribution in [3.8, 4) is 0 Å². The summed E-state index contributed by atoms with van der Waals surface area (Å²) in [5.41, 5.74) is 1.12. The Morgan fingerprint density at radius 1 is 1.27 bits per heavy atom. The topological polar surface area (TPSA) is 35.5 Å². The number of carbonyl (C=O) groups is 1. The van der Waals surface area contributed by atoms with Gasteiger partial charge >= 0.3 is 5.97 Å². The first-order valence-corrected chi connectivity index (χ1v) is 11.2. The van der Waals surface area contributed by atoms with Crippen LogP contribution >= 0.6 is 22.6 Å². The molecule has 2 fully saturated rings. The minimum atomic E-state index is -0.207. The Hall–Kier alpha value is -0.620. The predicted octanol–water partition coefficient (Wildman–Crippen LogP) is 5.91. The fourth-order valence-electron chi connectivity index (χ4n) is 4.92. The predicted molar refractivity (Wildman–Crippen MR) is 112 cm³/mol. The lowest BCUT2D eigenvalue weighted by molar-refractivity contribution is -0.159. The van der Waals surface area contributed by atoms with Gasteiger partial charge in [-0.1, -0.05) is 38.0 Å². The van der Waals surface area contributed by atoms with Gasteiger partial charge in [-0.25, -0.2) is 0 Å². The lowest BCUT2D eigenvalue weighted by Gasteiger charge is -2.28. The molecular formula is C22H31IO3. The monoisotopic (exact) mass is 470 g/mol. The maximum absolute atomic E-state index is 12.7. The van der Waals surface area contributed by atoms with Crippen molar-refractivity contribution in [2.75, 3.05) is 7.11 Å². The number of benzene rings is 1. The molecule has 2 aliphatic rings. The van der Waals surface area contributed by atoms with Crippen LogP contribution < -0.4 is 0 Å². The average molecular weight is 470 g/mol. The number of fused-ring (bicyclic) bond motifs is 2. The maximum atomic E-state index is 12.7. The third-order valence-corrected chi connectivity index (χ3v) is 7.22. The number of ether oxygens (including phenoxy) is 2. The van der Waals surface area contributed by atoms with Crippen molar-refractivity contribution in [2.24, 2.45) is 17.8 Å². The van der Waals surface area contributed by atoms with Crippen LogP contribution in [0.15, 0.2) is 24.3 Å². The number of hydrogen-bond donors (Lipinski definition) is 0. The summed E-state index contributed by atoms with van der Waals surface area (Å²) in [5, 5.41) is 0. The zero-order chi connectivity index (χ0) is 18.5. The summed E-state index contributed by atoms with van der Waals surface area (Å²) in [6, 6.07) is 8.21. The highest BCUT2D eigenvalue weighted by Gasteiger charge is 2.41. The normalized spacial score (nSPS) is 26.7. The third-order valence-electron chi connectivity index (χ3n) is 6.24. The Bertz CT molecular complexity index is 603. The second-order valence-corrected chi connectivity index (χ2v) is 9.15. The van der Waals surface area contributed by atoms with Gasteiger partial charge in [0.1, 0.15) is 12.2 Å². The molecule has 2 bridgehead atoms. The third kappa shape index (κ3) is 4.80. The zero-order valence-electron chi connectivity index (χ0n) is 16.0. The molecule has 0 aliphatic heterocycles. The molecular weight excluding hydrogens is 439 g/mol. The van der Waals surface area contributed by atoms with Gasteiger partial charge in [0.15, 0.2) is 0 Å². The standard InChI is InChI=1S/C22H31IO3/c1-3-4-9-20(22(25-2)18-7-5-6-8-19(18)23)26-21(24)14-17-13-15-10-11-16(17)12-15/h5-8,15-17,20,22H,3-4,9-14H2,1-2H3/t15?,16?,17?,20-,22-/m0/s1. The molecule has 3 rings (SSSR count). The summed E-state index contributed by atoms with van der Waals surface area (Å²) in [5.74, 6) is 2.14. The number of hydrogen-bond acceptors (Lipinski definition) is 3. The van der Waals surface area contributed by atoms with E-state index < -0.39 is 0 Å². The van der Waals surface area contributed by atoms with Gasteiger partial charge in [-0.2, -0.15) is 0 Å². The van der Waals surface area contributed by atoms with E-state index in [2.05, 4.69) is 41.6 Å². The number of carbonyl (C=O) groups excluding carboxylic acids is 1. The highest BCUT2D eigenvalue weighted by Crippen LogP contribution is 2.49. The minimum absolute atomic E-state index is 0.0309. The van der Waals surface area contributed by atoms with E-state index in [-0.39, 0.29) is 18.2 Å². The van der Waals surface area contributed by atoms with Crippen molar-refractivity contribution >= 4 is 28.6 Å². The van der Waals surface area contributed by atoms with E-state index in [0.29, 0.717) is 12.3 Å². The molecule has 0 spiro atoms. The van der Waals surface area contributed by atoms with Gasteiger partial charge in [0.2, 0.25) is 0 Å². The lowest BCUT2D eigenvalue weighted by Crippen LogP contribution is -2.29. The lowest BCUT2D eigenvalue weighted by atomic mass is 9.86. The average Bonchev–Trinajstić information content (AvgIpc) is 3.24. The van der Waals surface area contributed by atoms with Crippen LogP contribution in [-0.4, -0.2) is 19.2 Å². The first-order chi connectivity index (χ1) is 12.6. The molecule has 26 heavy (non-hydrogen) atoms. The smallest absolute Gasteiger partial charge is 0.306 e. The number of halogens is 1. The van der Waals surface area contributed by atoms with E-state index in [4.69, 9.17) is 9.47 Å². The Balaban J connectivity index is 1.66. The largest absolute Gasteiger partial charge is 0.459 e. The van der Waals surface area contributed by atoms with Crippen molar-refractivity contribution < 1.29 is 14.3 Å². The summed E-state index contributed by atoms with van der Waals surface area (Å²) in [6.07, 6.45) is 8.40. The van der Waals surface area contributed by atoms with Gasteiger partial charge in [-0.05, 0) is 84.1 Å². The van der Waals surface area contributed by atoms with E-state index in [9.17, 15) is 4.79 Å². The van der Waals surface area contributed by atoms with Crippen LogP contribution in [0.2, 0.25) is 0 Å². The van der Waals surface area contributed by atoms with Gasteiger partial charge in [-0.3, -0.25) is 4.79 Å². The van der Waals surface area contributed by atoms with Crippen LogP contribution in [-0.2, 0) is 14.3 Å². The molecule has 3 nitrogen and oxygen atoms in total. The highest BCUT2D eigenvalue weighted by molar-refractivity contribution is 14.1. The molecule has 5 atom stereocenters. The van der Waals surface area contributed by atoms with Crippen molar-refractivity contribution in [1.82, 2.24) is 0 Å². The van der Waals surface area contributed by atoms with Crippen LogP contribution in [0.5, 0.6) is 0 Å². The number of methoxy groups -OCH3 is 1. The fraction of sp³-hybridized carbons (Fsp3) is 0.682. The van der Waals surface area contributed by atoms with Crippen LogP contribution in [0, 0.1) is 21.3 Å². The number of unbranched alkanes of at least 4 members (excludes halogenated alkanes) is 1. The van der Waals surface area contributed by atoms with Crippen LogP contribution in [0.1, 0.15) is 70.0 Å². The molecule has 2 aliphatic carbocycles. The molecule has 0 saturated heterocycles. The van der Waals surface area contributed by atoms with E-state index >= 15 is 0 Å². The summed E-state index contributed by atoms with van der Waals surface area (Å²) in [7, 11) is 1.72. The number of rotatable bonds is 9. The highest BCUT2D eigenvalue weighted by atomic mass is 127. The number of esters is 1. The molecule has 0 N–H and O–H groups in total. The first-order valence-electron chi connectivity index (χ1n) is 10.1. The Kier molecular flexibility index (Phi) is 7.38. The molecule has 2 saturated carbocycles. The summed E-state index contributed by atoms with van der Waals surface area (Å²) >= 11 is 2.34. The van der Waals surface area contributed by atoms with Crippen molar-refractivity contribution in [3.63, 3.8) is 0 Å². The molecule has 144 valence electrons. The van der Waals surface area contributed by atoms with Crippen molar-refractivity contribution in [1.29, 1.82) is 0 Å². The summed E-state index contributed by atoms with van der Waals surface area (Å²) < 4.78 is 13.0. The van der Waals surface area contributed by atoms with Crippen LogP contribution in [0.4, 0.5) is 0 Å². The molecule has 0 amide bonds. The van der Waals surface area contributed by atoms with Crippen molar-refractivity contribution in [3.05, 3.63) is 33.4 Å².